The van der Waals surface area contributed by atoms with E-state index in [0.29, 0.717) is 6.54 Å². The van der Waals surface area contributed by atoms with Gasteiger partial charge in [0.2, 0.25) is 5.91 Å². The van der Waals surface area contributed by atoms with Crippen molar-refractivity contribution in [1.29, 1.82) is 0 Å². The number of carbonyl (C=O) groups is 1. The van der Waals surface area contributed by atoms with E-state index in [9.17, 15) is 4.79 Å². The Morgan fingerprint density at radius 1 is 1.31 bits per heavy atom. The van der Waals surface area contributed by atoms with Crippen LogP contribution in [-0.4, -0.2) is 63.8 Å². The second-order valence-electron chi connectivity index (χ2n) is 4.12. The minimum Gasteiger partial charge on any atom is -0.369 e. The fraction of sp³-hybridized carbons (Fsp3) is 0.909. The molecule has 0 heterocycles. The van der Waals surface area contributed by atoms with Crippen LogP contribution in [0.1, 0.15) is 13.8 Å². The molecule has 0 aromatic carbocycles. The van der Waals surface area contributed by atoms with Gasteiger partial charge in [0.25, 0.3) is 0 Å². The molecule has 0 aliphatic carbocycles. The zero-order valence-electron chi connectivity index (χ0n) is 10.9. The maximum Gasteiger partial charge on any atom is 0.246 e. The van der Waals surface area contributed by atoms with Crippen LogP contribution in [0, 0.1) is 0 Å². The van der Waals surface area contributed by atoms with Gasteiger partial charge < -0.3 is 20.3 Å². The molecule has 1 amide bonds. The number of amides is 1. The van der Waals surface area contributed by atoms with Crippen molar-refractivity contribution in [3.63, 3.8) is 0 Å². The van der Waals surface area contributed by atoms with Gasteiger partial charge in [0.05, 0.1) is 6.10 Å². The highest BCUT2D eigenvalue weighted by Crippen LogP contribution is 1.86. The Kier molecular flexibility index (Phi) is 9.18. The number of hydrogen-bond donors (Lipinski definition) is 2. The van der Waals surface area contributed by atoms with Crippen LogP contribution in [0.3, 0.4) is 0 Å². The molecular weight excluding hydrogens is 206 g/mol. The van der Waals surface area contributed by atoms with Gasteiger partial charge in [-0.05, 0) is 27.9 Å². The molecule has 0 aromatic heterocycles. The van der Waals surface area contributed by atoms with Crippen LogP contribution in [0.5, 0.6) is 0 Å². The molecule has 0 saturated heterocycles. The number of ether oxygens (including phenoxy) is 1. The second kappa shape index (κ2) is 9.57. The van der Waals surface area contributed by atoms with Crippen LogP contribution in [0.4, 0.5) is 0 Å². The van der Waals surface area contributed by atoms with Crippen LogP contribution in [0.25, 0.3) is 0 Å². The quantitative estimate of drug-likeness (QED) is 0.571. The molecule has 0 spiro atoms. The fourth-order valence-electron chi connectivity index (χ4n) is 1.09. The van der Waals surface area contributed by atoms with Crippen LogP contribution in [0.15, 0.2) is 0 Å². The van der Waals surface area contributed by atoms with Crippen LogP contribution in [0.2, 0.25) is 0 Å². The van der Waals surface area contributed by atoms with Gasteiger partial charge in [0, 0.05) is 26.2 Å². The van der Waals surface area contributed by atoms with Crippen LogP contribution < -0.4 is 10.6 Å². The third-order valence-electron chi connectivity index (χ3n) is 2.11. The molecule has 0 aliphatic heterocycles. The maximum absolute atomic E-state index is 11.3. The molecule has 0 aromatic rings. The van der Waals surface area contributed by atoms with Crippen molar-refractivity contribution in [3.8, 4) is 0 Å². The number of likely N-dealkylation sites (N-methyl/N-ethyl adjacent to an activating group) is 2. The number of hydrogen-bond acceptors (Lipinski definition) is 4. The summed E-state index contributed by atoms with van der Waals surface area (Å²) in [5.41, 5.74) is 0. The van der Waals surface area contributed by atoms with Gasteiger partial charge in [-0.15, -0.1) is 0 Å². The van der Waals surface area contributed by atoms with Crippen molar-refractivity contribution in [1.82, 2.24) is 15.5 Å². The van der Waals surface area contributed by atoms with Gasteiger partial charge >= 0.3 is 0 Å². The Hall–Kier alpha value is -0.650. The molecule has 0 radical (unpaired) electrons. The zero-order valence-corrected chi connectivity index (χ0v) is 10.9. The van der Waals surface area contributed by atoms with E-state index in [1.54, 1.807) is 0 Å². The lowest BCUT2D eigenvalue weighted by atomic mass is 10.4. The number of rotatable bonds is 9. The highest BCUT2D eigenvalue weighted by atomic mass is 16.5. The minimum atomic E-state index is -0.0456. The Bertz CT molecular complexity index is 186. The summed E-state index contributed by atoms with van der Waals surface area (Å²) >= 11 is 0. The molecule has 0 rings (SSSR count). The third kappa shape index (κ3) is 9.89. The standard InChI is InChI=1S/C11H25N3O2/c1-10(2)16-9-11(15)13-6-8-14(4)7-5-12-3/h10,12H,5-9H2,1-4H3,(H,13,15). The Morgan fingerprint density at radius 2 is 1.94 bits per heavy atom. The molecule has 5 nitrogen and oxygen atoms in total. The minimum absolute atomic E-state index is 0.0456. The SMILES string of the molecule is CNCCN(C)CCNC(=O)COC(C)C. The summed E-state index contributed by atoms with van der Waals surface area (Å²) in [6, 6.07) is 0. The zero-order chi connectivity index (χ0) is 12.4. The van der Waals surface area contributed by atoms with Crippen LogP contribution >= 0.6 is 0 Å². The molecular formula is C11H25N3O2. The van der Waals surface area contributed by atoms with E-state index in [2.05, 4.69) is 15.5 Å². The summed E-state index contributed by atoms with van der Waals surface area (Å²) in [6.45, 7) is 7.45. The summed E-state index contributed by atoms with van der Waals surface area (Å²) in [6.07, 6.45) is 0.101. The molecule has 0 aliphatic rings. The maximum atomic E-state index is 11.3. The van der Waals surface area contributed by atoms with Crippen molar-refractivity contribution in [2.24, 2.45) is 0 Å². The lowest BCUT2D eigenvalue weighted by molar-refractivity contribution is -0.127. The van der Waals surface area contributed by atoms with E-state index in [-0.39, 0.29) is 18.6 Å². The summed E-state index contributed by atoms with van der Waals surface area (Å²) in [4.78, 5) is 13.4. The van der Waals surface area contributed by atoms with Gasteiger partial charge in [-0.25, -0.2) is 0 Å². The predicted octanol–water partition coefficient (Wildman–Crippen LogP) is -0.321. The van der Waals surface area contributed by atoms with E-state index in [1.165, 1.54) is 0 Å². The largest absolute Gasteiger partial charge is 0.369 e. The van der Waals surface area contributed by atoms with E-state index in [1.807, 2.05) is 27.9 Å². The first-order valence-corrected chi connectivity index (χ1v) is 5.77. The van der Waals surface area contributed by atoms with Gasteiger partial charge in [0.1, 0.15) is 6.61 Å². The monoisotopic (exact) mass is 231 g/mol. The topological polar surface area (TPSA) is 53.6 Å². The van der Waals surface area contributed by atoms with Gasteiger partial charge in [-0.2, -0.15) is 0 Å². The molecule has 0 atom stereocenters. The summed E-state index contributed by atoms with van der Waals surface area (Å²) in [5.74, 6) is -0.0456. The first-order chi connectivity index (χ1) is 7.56. The Labute approximate surface area is 98.5 Å². The molecule has 2 N–H and O–H groups in total. The molecule has 5 heteroatoms. The Balaban J connectivity index is 3.39. The lowest BCUT2D eigenvalue weighted by Crippen LogP contribution is -2.37. The van der Waals surface area contributed by atoms with E-state index in [4.69, 9.17) is 4.74 Å². The highest BCUT2D eigenvalue weighted by Gasteiger charge is 2.03. The first-order valence-electron chi connectivity index (χ1n) is 5.77. The molecule has 0 saturated carbocycles. The summed E-state index contributed by atoms with van der Waals surface area (Å²) < 4.78 is 5.19. The van der Waals surface area contributed by atoms with Crippen molar-refractivity contribution < 1.29 is 9.53 Å². The Morgan fingerprint density at radius 3 is 2.50 bits per heavy atom. The first kappa shape index (κ1) is 15.3. The molecule has 0 fully saturated rings. The summed E-state index contributed by atoms with van der Waals surface area (Å²) in [5, 5.41) is 5.90. The van der Waals surface area contributed by atoms with Crippen molar-refractivity contribution >= 4 is 5.91 Å². The van der Waals surface area contributed by atoms with Gasteiger partial charge in [0.15, 0.2) is 0 Å². The van der Waals surface area contributed by atoms with Crippen molar-refractivity contribution in [3.05, 3.63) is 0 Å². The molecule has 96 valence electrons. The van der Waals surface area contributed by atoms with Crippen molar-refractivity contribution in [2.75, 3.05) is 46.9 Å². The van der Waals surface area contributed by atoms with E-state index >= 15 is 0 Å². The molecule has 0 bridgehead atoms. The third-order valence-corrected chi connectivity index (χ3v) is 2.11. The number of nitrogens with zero attached hydrogens (tertiary/aromatic N) is 1. The lowest BCUT2D eigenvalue weighted by Gasteiger charge is -2.16. The number of nitrogens with one attached hydrogen (secondary N) is 2. The van der Waals surface area contributed by atoms with E-state index < -0.39 is 0 Å². The van der Waals surface area contributed by atoms with Gasteiger partial charge in [-0.3, -0.25) is 4.79 Å². The fourth-order valence-corrected chi connectivity index (χ4v) is 1.09. The smallest absolute Gasteiger partial charge is 0.246 e. The highest BCUT2D eigenvalue weighted by molar-refractivity contribution is 5.77. The average Bonchev–Trinajstić information content (AvgIpc) is 2.23. The van der Waals surface area contributed by atoms with Crippen LogP contribution in [-0.2, 0) is 9.53 Å². The van der Waals surface area contributed by atoms with E-state index in [0.717, 1.165) is 19.6 Å². The normalized spacial score (nSPS) is 11.1. The predicted molar refractivity (Wildman–Crippen MR) is 65.5 cm³/mol. The van der Waals surface area contributed by atoms with Crippen molar-refractivity contribution in [2.45, 2.75) is 20.0 Å². The molecule has 16 heavy (non-hydrogen) atoms. The molecule has 0 unspecified atom stereocenters. The second-order valence-corrected chi connectivity index (χ2v) is 4.12. The average molecular weight is 231 g/mol. The summed E-state index contributed by atoms with van der Waals surface area (Å²) in [7, 11) is 3.97. The number of carbonyl (C=O) groups excluding carboxylic acids is 1. The van der Waals surface area contributed by atoms with Gasteiger partial charge in [-0.1, -0.05) is 0 Å².